The van der Waals surface area contributed by atoms with Gasteiger partial charge in [-0.1, -0.05) is 30.3 Å². The van der Waals surface area contributed by atoms with Crippen molar-refractivity contribution in [2.24, 2.45) is 11.7 Å². The third kappa shape index (κ3) is 3.96. The molecule has 1 amide bonds. The zero-order valence-electron chi connectivity index (χ0n) is 10.7. The van der Waals surface area contributed by atoms with Crippen LogP contribution >= 0.6 is 0 Å². The number of nitrogens with one attached hydrogen (secondary N) is 1. The van der Waals surface area contributed by atoms with Crippen molar-refractivity contribution < 1.29 is 9.21 Å². The van der Waals surface area contributed by atoms with Crippen LogP contribution in [-0.2, 0) is 17.8 Å². The third-order valence-electron chi connectivity index (χ3n) is 3.03. The first-order chi connectivity index (χ1) is 9.29. The minimum Gasteiger partial charge on any atom is -0.472 e. The summed E-state index contributed by atoms with van der Waals surface area (Å²) < 4.78 is 4.95. The maximum absolute atomic E-state index is 12.1. The molecule has 0 saturated heterocycles. The zero-order valence-corrected chi connectivity index (χ0v) is 10.7. The van der Waals surface area contributed by atoms with Crippen LogP contribution in [0.1, 0.15) is 11.1 Å². The Kier molecular flexibility index (Phi) is 4.75. The molecule has 2 aromatic rings. The molecule has 0 aliphatic rings. The van der Waals surface area contributed by atoms with E-state index >= 15 is 0 Å². The first-order valence-corrected chi connectivity index (χ1v) is 6.32. The molecule has 1 unspecified atom stereocenters. The molecule has 4 heteroatoms. The molecule has 3 N–H and O–H groups in total. The summed E-state index contributed by atoms with van der Waals surface area (Å²) in [5, 5.41) is 2.88. The van der Waals surface area contributed by atoms with Crippen LogP contribution in [0.3, 0.4) is 0 Å². The lowest BCUT2D eigenvalue weighted by molar-refractivity contribution is -0.124. The van der Waals surface area contributed by atoms with Gasteiger partial charge < -0.3 is 15.5 Å². The number of nitrogens with two attached hydrogens (primary N) is 1. The summed E-state index contributed by atoms with van der Waals surface area (Å²) in [6.45, 7) is 0.812. The molecule has 0 radical (unpaired) electrons. The van der Waals surface area contributed by atoms with Gasteiger partial charge in [-0.05, 0) is 18.1 Å². The second-order valence-electron chi connectivity index (χ2n) is 4.47. The molecule has 0 bridgehead atoms. The smallest absolute Gasteiger partial charge is 0.224 e. The Bertz CT molecular complexity index is 494. The van der Waals surface area contributed by atoms with E-state index in [2.05, 4.69) is 5.32 Å². The van der Waals surface area contributed by atoms with Crippen molar-refractivity contribution in [2.75, 3.05) is 6.54 Å². The van der Waals surface area contributed by atoms with E-state index < -0.39 is 0 Å². The van der Waals surface area contributed by atoms with Gasteiger partial charge in [0.15, 0.2) is 0 Å². The number of carbonyl (C=O) groups is 1. The number of rotatable bonds is 6. The molecule has 0 fully saturated rings. The first kappa shape index (κ1) is 13.4. The molecular formula is C15H18N2O2. The van der Waals surface area contributed by atoms with Crippen LogP contribution in [0, 0.1) is 5.92 Å². The van der Waals surface area contributed by atoms with Gasteiger partial charge in [0.1, 0.15) is 0 Å². The molecule has 0 aliphatic heterocycles. The van der Waals surface area contributed by atoms with E-state index in [0.717, 1.165) is 11.1 Å². The molecule has 0 aliphatic carbocycles. The molecule has 19 heavy (non-hydrogen) atoms. The van der Waals surface area contributed by atoms with Gasteiger partial charge in [-0.25, -0.2) is 0 Å². The number of hydrogen-bond donors (Lipinski definition) is 2. The van der Waals surface area contributed by atoms with E-state index in [9.17, 15) is 4.79 Å². The molecule has 1 aromatic carbocycles. The van der Waals surface area contributed by atoms with Crippen molar-refractivity contribution in [3.05, 3.63) is 60.1 Å². The lowest BCUT2D eigenvalue weighted by Crippen LogP contribution is -2.35. The summed E-state index contributed by atoms with van der Waals surface area (Å²) in [5.74, 6) is -0.221. The first-order valence-electron chi connectivity index (χ1n) is 6.32. The SMILES string of the molecule is NCC(Cc1ccccc1)C(=O)NCc1ccoc1. The van der Waals surface area contributed by atoms with Crippen molar-refractivity contribution >= 4 is 5.91 Å². The number of furan rings is 1. The molecule has 1 heterocycles. The molecule has 1 aromatic heterocycles. The van der Waals surface area contributed by atoms with Gasteiger partial charge in [0.05, 0.1) is 18.4 Å². The summed E-state index contributed by atoms with van der Waals surface area (Å²) >= 11 is 0. The van der Waals surface area contributed by atoms with Crippen LogP contribution in [-0.4, -0.2) is 12.5 Å². The van der Waals surface area contributed by atoms with Gasteiger partial charge in [-0.15, -0.1) is 0 Å². The van der Waals surface area contributed by atoms with Crippen molar-refractivity contribution in [1.82, 2.24) is 5.32 Å². The second-order valence-corrected chi connectivity index (χ2v) is 4.47. The Labute approximate surface area is 112 Å². The Morgan fingerprint density at radius 2 is 2.00 bits per heavy atom. The van der Waals surface area contributed by atoms with Crippen LogP contribution < -0.4 is 11.1 Å². The molecule has 100 valence electrons. The van der Waals surface area contributed by atoms with Crippen LogP contribution in [0.5, 0.6) is 0 Å². The van der Waals surface area contributed by atoms with E-state index in [0.29, 0.717) is 19.5 Å². The third-order valence-corrected chi connectivity index (χ3v) is 3.03. The summed E-state index contributed by atoms with van der Waals surface area (Å²) in [4.78, 5) is 12.1. The highest BCUT2D eigenvalue weighted by atomic mass is 16.3. The number of hydrogen-bond acceptors (Lipinski definition) is 3. The predicted molar refractivity (Wildman–Crippen MR) is 73.2 cm³/mol. The topological polar surface area (TPSA) is 68.3 Å². The van der Waals surface area contributed by atoms with E-state index in [1.165, 1.54) is 0 Å². The van der Waals surface area contributed by atoms with Gasteiger partial charge in [-0.2, -0.15) is 0 Å². The van der Waals surface area contributed by atoms with E-state index in [1.54, 1.807) is 12.5 Å². The Morgan fingerprint density at radius 3 is 2.63 bits per heavy atom. The monoisotopic (exact) mass is 258 g/mol. The number of carbonyl (C=O) groups excluding carboxylic acids is 1. The normalized spacial score (nSPS) is 12.1. The summed E-state index contributed by atoms with van der Waals surface area (Å²) in [6.07, 6.45) is 3.87. The van der Waals surface area contributed by atoms with Gasteiger partial charge in [0.2, 0.25) is 5.91 Å². The van der Waals surface area contributed by atoms with E-state index in [4.69, 9.17) is 10.2 Å². The molecule has 0 saturated carbocycles. The van der Waals surface area contributed by atoms with Crippen LogP contribution in [0.2, 0.25) is 0 Å². The molecule has 4 nitrogen and oxygen atoms in total. The van der Waals surface area contributed by atoms with Crippen LogP contribution in [0.4, 0.5) is 0 Å². The average Bonchev–Trinajstić information content (AvgIpc) is 2.96. The number of benzene rings is 1. The van der Waals surface area contributed by atoms with Crippen LogP contribution in [0.15, 0.2) is 53.3 Å². The minimum absolute atomic E-state index is 0.0208. The standard InChI is InChI=1S/C15H18N2O2/c16-9-14(8-12-4-2-1-3-5-12)15(18)17-10-13-6-7-19-11-13/h1-7,11,14H,8-10,16H2,(H,17,18). The summed E-state index contributed by atoms with van der Waals surface area (Å²) in [6, 6.07) is 11.7. The Balaban J connectivity index is 1.88. The van der Waals surface area contributed by atoms with Crippen LogP contribution in [0.25, 0.3) is 0 Å². The Hall–Kier alpha value is -2.07. The van der Waals surface area contributed by atoms with E-state index in [1.807, 2.05) is 36.4 Å². The Morgan fingerprint density at radius 1 is 1.21 bits per heavy atom. The fourth-order valence-electron chi connectivity index (χ4n) is 1.91. The quantitative estimate of drug-likeness (QED) is 0.829. The largest absolute Gasteiger partial charge is 0.472 e. The van der Waals surface area contributed by atoms with Crippen molar-refractivity contribution in [2.45, 2.75) is 13.0 Å². The highest BCUT2D eigenvalue weighted by molar-refractivity contribution is 5.79. The predicted octanol–water partition coefficient (Wildman–Crippen LogP) is 1.71. The zero-order chi connectivity index (χ0) is 13.5. The fourth-order valence-corrected chi connectivity index (χ4v) is 1.91. The van der Waals surface area contributed by atoms with Gasteiger partial charge in [0, 0.05) is 18.7 Å². The van der Waals surface area contributed by atoms with Crippen molar-refractivity contribution in [1.29, 1.82) is 0 Å². The van der Waals surface area contributed by atoms with Crippen molar-refractivity contribution in [3.8, 4) is 0 Å². The minimum atomic E-state index is -0.200. The molecular weight excluding hydrogens is 240 g/mol. The lowest BCUT2D eigenvalue weighted by Gasteiger charge is -2.14. The lowest BCUT2D eigenvalue weighted by atomic mass is 9.98. The maximum atomic E-state index is 12.1. The molecule has 1 atom stereocenters. The second kappa shape index (κ2) is 6.75. The number of amides is 1. The van der Waals surface area contributed by atoms with Gasteiger partial charge >= 0.3 is 0 Å². The van der Waals surface area contributed by atoms with Gasteiger partial charge in [-0.3, -0.25) is 4.79 Å². The molecule has 0 spiro atoms. The fraction of sp³-hybridized carbons (Fsp3) is 0.267. The van der Waals surface area contributed by atoms with E-state index in [-0.39, 0.29) is 11.8 Å². The summed E-state index contributed by atoms with van der Waals surface area (Å²) in [5.41, 5.74) is 7.76. The average molecular weight is 258 g/mol. The molecule has 2 rings (SSSR count). The van der Waals surface area contributed by atoms with Crippen molar-refractivity contribution in [3.63, 3.8) is 0 Å². The van der Waals surface area contributed by atoms with Gasteiger partial charge in [0.25, 0.3) is 0 Å². The maximum Gasteiger partial charge on any atom is 0.224 e. The highest BCUT2D eigenvalue weighted by Gasteiger charge is 2.16. The summed E-state index contributed by atoms with van der Waals surface area (Å²) in [7, 11) is 0. The highest BCUT2D eigenvalue weighted by Crippen LogP contribution is 2.08.